The number of benzene rings is 1. The van der Waals surface area contributed by atoms with Crippen LogP contribution in [0.3, 0.4) is 0 Å². The lowest BCUT2D eigenvalue weighted by Gasteiger charge is -2.17. The standard InChI is InChI=1S/C22H24N6O3/c1-13-14(2)26-28(15(13)3)22-23-10-17(11-24-22)25-21(30)16-9-20(29)27(12-16)18-5-7-19(31-4)8-6-18/h5-8,10-11,16H,9,12H2,1-4H3,(H,25,30). The Hall–Kier alpha value is -3.75. The Morgan fingerprint density at radius 1 is 1.13 bits per heavy atom. The average molecular weight is 420 g/mol. The summed E-state index contributed by atoms with van der Waals surface area (Å²) in [5.74, 6) is 0.379. The van der Waals surface area contributed by atoms with Crippen molar-refractivity contribution in [2.75, 3.05) is 23.9 Å². The molecular weight excluding hydrogens is 396 g/mol. The Bertz CT molecular complexity index is 1120. The molecule has 1 aliphatic rings. The van der Waals surface area contributed by atoms with Gasteiger partial charge in [-0.15, -0.1) is 0 Å². The van der Waals surface area contributed by atoms with Crippen molar-refractivity contribution in [1.82, 2.24) is 19.7 Å². The fraction of sp³-hybridized carbons (Fsp3) is 0.318. The molecule has 3 heterocycles. The van der Waals surface area contributed by atoms with Gasteiger partial charge in [0.05, 0.1) is 36.8 Å². The molecule has 1 N–H and O–H groups in total. The molecule has 1 atom stereocenters. The summed E-state index contributed by atoms with van der Waals surface area (Å²) in [4.78, 5) is 35.4. The van der Waals surface area contributed by atoms with Gasteiger partial charge in [0.2, 0.25) is 11.8 Å². The van der Waals surface area contributed by atoms with Gasteiger partial charge in [-0.3, -0.25) is 9.59 Å². The van der Waals surface area contributed by atoms with Gasteiger partial charge in [-0.1, -0.05) is 0 Å². The van der Waals surface area contributed by atoms with Crippen molar-refractivity contribution in [3.63, 3.8) is 0 Å². The molecule has 1 aliphatic heterocycles. The minimum Gasteiger partial charge on any atom is -0.497 e. The highest BCUT2D eigenvalue weighted by atomic mass is 16.5. The minimum atomic E-state index is -0.451. The number of nitrogens with one attached hydrogen (secondary N) is 1. The number of hydrogen-bond donors (Lipinski definition) is 1. The zero-order valence-corrected chi connectivity index (χ0v) is 17.9. The highest BCUT2D eigenvalue weighted by Crippen LogP contribution is 2.27. The first-order valence-electron chi connectivity index (χ1n) is 9.98. The van der Waals surface area contributed by atoms with Crippen LogP contribution in [0.5, 0.6) is 5.75 Å². The van der Waals surface area contributed by atoms with Crippen molar-refractivity contribution in [3.05, 3.63) is 53.6 Å². The third kappa shape index (κ3) is 3.98. The lowest BCUT2D eigenvalue weighted by Crippen LogP contribution is -2.28. The van der Waals surface area contributed by atoms with Crippen molar-refractivity contribution < 1.29 is 14.3 Å². The van der Waals surface area contributed by atoms with E-state index in [4.69, 9.17) is 4.74 Å². The highest BCUT2D eigenvalue weighted by Gasteiger charge is 2.35. The number of hydrogen-bond acceptors (Lipinski definition) is 6. The molecule has 1 aromatic carbocycles. The Morgan fingerprint density at radius 2 is 1.81 bits per heavy atom. The largest absolute Gasteiger partial charge is 0.497 e. The zero-order chi connectivity index (χ0) is 22.1. The molecule has 3 aromatic rings. The van der Waals surface area contributed by atoms with Gasteiger partial charge in [0.15, 0.2) is 0 Å². The molecule has 9 heteroatoms. The fourth-order valence-electron chi connectivity index (χ4n) is 3.55. The Labute approximate surface area is 180 Å². The van der Waals surface area contributed by atoms with Crippen LogP contribution in [0.1, 0.15) is 23.4 Å². The van der Waals surface area contributed by atoms with Crippen LogP contribution in [0.4, 0.5) is 11.4 Å². The van der Waals surface area contributed by atoms with E-state index in [1.165, 1.54) is 0 Å². The molecule has 0 aliphatic carbocycles. The monoisotopic (exact) mass is 420 g/mol. The molecule has 160 valence electrons. The number of carbonyl (C=O) groups excluding carboxylic acids is 2. The normalized spacial score (nSPS) is 15.9. The fourth-order valence-corrected chi connectivity index (χ4v) is 3.55. The zero-order valence-electron chi connectivity index (χ0n) is 17.9. The first-order chi connectivity index (χ1) is 14.9. The van der Waals surface area contributed by atoms with E-state index in [1.54, 1.807) is 41.2 Å². The summed E-state index contributed by atoms with van der Waals surface area (Å²) in [5, 5.41) is 7.26. The predicted molar refractivity (Wildman–Crippen MR) is 115 cm³/mol. The lowest BCUT2D eigenvalue weighted by atomic mass is 10.1. The molecule has 9 nitrogen and oxygen atoms in total. The van der Waals surface area contributed by atoms with Gasteiger partial charge in [-0.05, 0) is 50.6 Å². The van der Waals surface area contributed by atoms with Crippen LogP contribution in [0.15, 0.2) is 36.7 Å². The molecule has 1 fully saturated rings. The molecule has 2 amide bonds. The maximum atomic E-state index is 12.7. The SMILES string of the molecule is COc1ccc(N2CC(C(=O)Nc3cnc(-n4nc(C)c(C)c4C)nc3)CC2=O)cc1. The van der Waals surface area contributed by atoms with Crippen LogP contribution in [0.25, 0.3) is 5.95 Å². The first kappa shape index (κ1) is 20.5. The molecule has 4 rings (SSSR count). The van der Waals surface area contributed by atoms with Crippen LogP contribution >= 0.6 is 0 Å². The molecule has 2 aromatic heterocycles. The number of nitrogens with zero attached hydrogens (tertiary/aromatic N) is 5. The second kappa shape index (κ2) is 8.17. The van der Waals surface area contributed by atoms with Gasteiger partial charge < -0.3 is 15.0 Å². The summed E-state index contributed by atoms with van der Waals surface area (Å²) in [5.41, 5.74) is 4.20. The van der Waals surface area contributed by atoms with Crippen LogP contribution in [0.2, 0.25) is 0 Å². The third-order valence-electron chi connectivity index (χ3n) is 5.63. The van der Waals surface area contributed by atoms with Crippen LogP contribution in [-0.4, -0.2) is 45.2 Å². The maximum absolute atomic E-state index is 12.7. The summed E-state index contributed by atoms with van der Waals surface area (Å²) in [7, 11) is 1.59. The average Bonchev–Trinajstić information content (AvgIpc) is 3.29. The van der Waals surface area contributed by atoms with E-state index in [1.807, 2.05) is 32.9 Å². The molecule has 1 unspecified atom stereocenters. The molecule has 1 saturated heterocycles. The number of anilines is 2. The van der Waals surface area contributed by atoms with E-state index >= 15 is 0 Å². The van der Waals surface area contributed by atoms with Crippen LogP contribution in [-0.2, 0) is 9.59 Å². The Balaban J connectivity index is 1.42. The summed E-state index contributed by atoms with van der Waals surface area (Å²) in [6.45, 7) is 6.22. The Kier molecular flexibility index (Phi) is 5.41. The van der Waals surface area contributed by atoms with Crippen molar-refractivity contribution in [3.8, 4) is 11.7 Å². The van der Waals surface area contributed by atoms with E-state index in [0.29, 0.717) is 23.9 Å². The summed E-state index contributed by atoms with van der Waals surface area (Å²) < 4.78 is 6.83. The van der Waals surface area contributed by atoms with Gasteiger partial charge in [-0.25, -0.2) is 14.6 Å². The molecule has 0 bridgehead atoms. The van der Waals surface area contributed by atoms with Gasteiger partial charge in [0, 0.05) is 24.3 Å². The number of ether oxygens (including phenoxy) is 1. The molecule has 0 radical (unpaired) electrons. The summed E-state index contributed by atoms with van der Waals surface area (Å²) in [6, 6.07) is 7.20. The number of aryl methyl sites for hydroxylation is 1. The van der Waals surface area contributed by atoms with Gasteiger partial charge in [0.1, 0.15) is 5.75 Å². The van der Waals surface area contributed by atoms with Crippen molar-refractivity contribution in [2.24, 2.45) is 5.92 Å². The third-order valence-corrected chi connectivity index (χ3v) is 5.63. The van der Waals surface area contributed by atoms with Crippen molar-refractivity contribution in [2.45, 2.75) is 27.2 Å². The molecular formula is C22H24N6O3. The van der Waals surface area contributed by atoms with E-state index in [9.17, 15) is 9.59 Å². The molecule has 31 heavy (non-hydrogen) atoms. The van der Waals surface area contributed by atoms with Gasteiger partial charge >= 0.3 is 0 Å². The van der Waals surface area contributed by atoms with Crippen LogP contribution in [0, 0.1) is 26.7 Å². The van der Waals surface area contributed by atoms with Crippen molar-refractivity contribution in [1.29, 1.82) is 0 Å². The van der Waals surface area contributed by atoms with Gasteiger partial charge in [0.25, 0.3) is 5.95 Å². The predicted octanol–water partition coefficient (Wildman–Crippen LogP) is 2.59. The lowest BCUT2D eigenvalue weighted by molar-refractivity contribution is -0.122. The summed E-state index contributed by atoms with van der Waals surface area (Å²) >= 11 is 0. The smallest absolute Gasteiger partial charge is 0.250 e. The Morgan fingerprint density at radius 3 is 2.39 bits per heavy atom. The van der Waals surface area contributed by atoms with E-state index < -0.39 is 5.92 Å². The molecule has 0 spiro atoms. The summed E-state index contributed by atoms with van der Waals surface area (Å²) in [6.07, 6.45) is 3.25. The van der Waals surface area contributed by atoms with E-state index in [0.717, 1.165) is 22.6 Å². The number of carbonyl (C=O) groups is 2. The quantitative estimate of drug-likeness (QED) is 0.681. The van der Waals surface area contributed by atoms with E-state index in [-0.39, 0.29) is 18.2 Å². The van der Waals surface area contributed by atoms with E-state index in [2.05, 4.69) is 20.4 Å². The number of methoxy groups -OCH3 is 1. The second-order valence-corrected chi connectivity index (χ2v) is 7.57. The number of amides is 2. The first-order valence-corrected chi connectivity index (χ1v) is 9.98. The van der Waals surface area contributed by atoms with Crippen molar-refractivity contribution >= 4 is 23.2 Å². The maximum Gasteiger partial charge on any atom is 0.250 e. The second-order valence-electron chi connectivity index (χ2n) is 7.57. The number of aromatic nitrogens is 4. The highest BCUT2D eigenvalue weighted by molar-refractivity contribution is 6.03. The van der Waals surface area contributed by atoms with Crippen LogP contribution < -0.4 is 15.0 Å². The minimum absolute atomic E-state index is 0.0863. The molecule has 0 saturated carbocycles. The topological polar surface area (TPSA) is 102 Å². The van der Waals surface area contributed by atoms with Gasteiger partial charge in [-0.2, -0.15) is 5.10 Å². The number of rotatable bonds is 5.